The SMILES string of the molecule is CCC[C@H]1CN(C(=O)Nc2ccc(CN3CCN(C)CC3)c(C(F)(F)F)c2)Cc2cc(Oc3ccnc4[nH]c(C#N)cc34)cnc21. The van der Waals surface area contributed by atoms with Gasteiger partial charge in [0.15, 0.2) is 0 Å². The molecule has 1 saturated heterocycles. The summed E-state index contributed by atoms with van der Waals surface area (Å²) in [5.41, 5.74) is 2.10. The molecule has 0 spiro atoms. The highest BCUT2D eigenvalue weighted by molar-refractivity contribution is 5.90. The summed E-state index contributed by atoms with van der Waals surface area (Å²) in [7, 11) is 2.00. The lowest BCUT2D eigenvalue weighted by molar-refractivity contribution is -0.138. The van der Waals surface area contributed by atoms with Crippen molar-refractivity contribution in [3.05, 3.63) is 76.9 Å². The van der Waals surface area contributed by atoms with Crippen LogP contribution >= 0.6 is 0 Å². The van der Waals surface area contributed by atoms with Gasteiger partial charge in [0.25, 0.3) is 0 Å². The lowest BCUT2D eigenvalue weighted by Crippen LogP contribution is -2.44. The minimum Gasteiger partial charge on any atom is -0.455 e. The molecule has 46 heavy (non-hydrogen) atoms. The fourth-order valence-corrected chi connectivity index (χ4v) is 6.19. The van der Waals surface area contributed by atoms with Crippen molar-refractivity contribution in [3.8, 4) is 17.6 Å². The average Bonchev–Trinajstić information content (AvgIpc) is 3.47. The van der Waals surface area contributed by atoms with Gasteiger partial charge in [0.05, 0.1) is 22.8 Å². The predicted molar refractivity (Wildman–Crippen MR) is 166 cm³/mol. The summed E-state index contributed by atoms with van der Waals surface area (Å²) in [6.07, 6.45) is 0.316. The summed E-state index contributed by atoms with van der Waals surface area (Å²) in [6.45, 7) is 5.87. The van der Waals surface area contributed by atoms with E-state index in [2.05, 4.69) is 33.2 Å². The number of H-pyrrole nitrogens is 1. The van der Waals surface area contributed by atoms with Gasteiger partial charge in [0.2, 0.25) is 0 Å². The van der Waals surface area contributed by atoms with Gasteiger partial charge in [-0.05, 0) is 54.9 Å². The van der Waals surface area contributed by atoms with E-state index < -0.39 is 17.8 Å². The Balaban J connectivity index is 1.20. The van der Waals surface area contributed by atoms with E-state index in [1.807, 2.05) is 18.0 Å². The number of benzene rings is 1. The minimum absolute atomic E-state index is 0.0410. The van der Waals surface area contributed by atoms with Crippen LogP contribution in [0.25, 0.3) is 11.0 Å². The maximum atomic E-state index is 14.1. The van der Waals surface area contributed by atoms with Crippen molar-refractivity contribution in [3.63, 3.8) is 0 Å². The van der Waals surface area contributed by atoms with Gasteiger partial charge < -0.3 is 24.8 Å². The number of carbonyl (C=O) groups excluding carboxylic acids is 1. The van der Waals surface area contributed by atoms with Crippen molar-refractivity contribution in [1.82, 2.24) is 29.7 Å². The Labute approximate surface area is 264 Å². The Hall–Kier alpha value is -4.67. The standard InChI is InChI=1S/C33H35F3N8O2/c1-3-4-22-19-44(20-23-13-26(17-39-30(22)23)46-29-7-8-38-31-27(29)14-25(16-37)40-31)32(45)41-24-6-5-21(28(15-24)33(34,35)36)18-43-11-9-42(2)10-12-43/h5-8,13-15,17,22H,3-4,9-12,18-20H2,1-2H3,(H,38,40)(H,41,45)/t22-/m0/s1. The molecule has 3 aromatic heterocycles. The van der Waals surface area contributed by atoms with E-state index in [-0.39, 0.29) is 30.3 Å². The van der Waals surface area contributed by atoms with Crippen molar-refractivity contribution >= 4 is 22.8 Å². The molecule has 13 heteroatoms. The number of nitrogens with one attached hydrogen (secondary N) is 2. The van der Waals surface area contributed by atoms with Gasteiger partial charge in [0, 0.05) is 63.6 Å². The molecule has 240 valence electrons. The number of carbonyl (C=O) groups is 1. The number of nitrogens with zero attached hydrogens (tertiary/aromatic N) is 6. The second-order valence-corrected chi connectivity index (χ2v) is 11.9. The Kier molecular flexibility index (Phi) is 8.84. The molecular formula is C33H35F3N8O2. The molecule has 0 aliphatic carbocycles. The Morgan fingerprint density at radius 3 is 2.70 bits per heavy atom. The van der Waals surface area contributed by atoms with Crippen LogP contribution in [0, 0.1) is 11.3 Å². The first-order valence-electron chi connectivity index (χ1n) is 15.3. The summed E-state index contributed by atoms with van der Waals surface area (Å²) >= 11 is 0. The van der Waals surface area contributed by atoms with Crippen LogP contribution in [0.2, 0.25) is 0 Å². The van der Waals surface area contributed by atoms with Crippen molar-refractivity contribution in [1.29, 1.82) is 5.26 Å². The summed E-state index contributed by atoms with van der Waals surface area (Å²) in [5, 5.41) is 12.6. The van der Waals surface area contributed by atoms with Gasteiger partial charge in [0.1, 0.15) is 28.9 Å². The van der Waals surface area contributed by atoms with Crippen LogP contribution in [0.4, 0.5) is 23.7 Å². The number of hydrogen-bond donors (Lipinski definition) is 2. The van der Waals surface area contributed by atoms with Crippen LogP contribution in [0.1, 0.15) is 53.8 Å². The summed E-state index contributed by atoms with van der Waals surface area (Å²) in [4.78, 5) is 31.2. The molecule has 0 saturated carbocycles. The average molecular weight is 633 g/mol. The maximum absolute atomic E-state index is 14.1. The van der Waals surface area contributed by atoms with E-state index in [1.165, 1.54) is 6.07 Å². The number of amides is 2. The zero-order chi connectivity index (χ0) is 32.4. The number of aromatic amines is 1. The molecule has 10 nitrogen and oxygen atoms in total. The third kappa shape index (κ3) is 6.78. The van der Waals surface area contributed by atoms with Crippen LogP contribution in [0.5, 0.6) is 11.5 Å². The molecule has 2 aliphatic rings. The second kappa shape index (κ2) is 13.0. The van der Waals surface area contributed by atoms with Crippen LogP contribution in [0.15, 0.2) is 48.8 Å². The summed E-state index contributed by atoms with van der Waals surface area (Å²) in [5.74, 6) is 0.909. The number of rotatable bonds is 7. The highest BCUT2D eigenvalue weighted by Gasteiger charge is 2.35. The fraction of sp³-hybridized carbons (Fsp3) is 0.394. The lowest BCUT2D eigenvalue weighted by atomic mass is 9.91. The second-order valence-electron chi connectivity index (χ2n) is 11.9. The molecule has 2 N–H and O–H groups in total. The van der Waals surface area contributed by atoms with E-state index in [9.17, 15) is 23.2 Å². The molecule has 6 rings (SSSR count). The first-order chi connectivity index (χ1) is 22.1. The number of halogens is 3. The molecule has 1 atom stereocenters. The van der Waals surface area contributed by atoms with E-state index in [1.54, 1.807) is 35.5 Å². The third-order valence-corrected chi connectivity index (χ3v) is 8.59. The van der Waals surface area contributed by atoms with E-state index in [0.29, 0.717) is 47.9 Å². The number of alkyl halides is 3. The number of fused-ring (bicyclic) bond motifs is 2. The Bertz CT molecular complexity index is 1780. The van der Waals surface area contributed by atoms with Gasteiger partial charge in [-0.15, -0.1) is 0 Å². The maximum Gasteiger partial charge on any atom is 0.416 e. The van der Waals surface area contributed by atoms with Crippen molar-refractivity contribution in [2.24, 2.45) is 0 Å². The molecular weight excluding hydrogens is 597 g/mol. The molecule has 1 aromatic carbocycles. The molecule has 1 fully saturated rings. The van der Waals surface area contributed by atoms with Gasteiger partial charge in [-0.3, -0.25) is 9.88 Å². The third-order valence-electron chi connectivity index (χ3n) is 8.59. The quantitative estimate of drug-likeness (QED) is 0.245. The van der Waals surface area contributed by atoms with Crippen LogP contribution in [-0.4, -0.2) is 75.5 Å². The fourth-order valence-electron chi connectivity index (χ4n) is 6.19. The number of pyridine rings is 2. The molecule has 2 amide bonds. The number of nitriles is 1. The Morgan fingerprint density at radius 2 is 1.96 bits per heavy atom. The molecule has 5 heterocycles. The molecule has 0 radical (unpaired) electrons. The number of urea groups is 1. The normalized spacial score (nSPS) is 17.5. The van der Waals surface area contributed by atoms with Gasteiger partial charge in [-0.2, -0.15) is 18.4 Å². The van der Waals surface area contributed by atoms with E-state index in [0.717, 1.165) is 43.3 Å². The van der Waals surface area contributed by atoms with Crippen LogP contribution in [0.3, 0.4) is 0 Å². The number of ether oxygens (including phenoxy) is 1. The van der Waals surface area contributed by atoms with Crippen molar-refractivity contribution in [2.45, 2.75) is 44.9 Å². The molecule has 2 aliphatic heterocycles. The van der Waals surface area contributed by atoms with E-state index in [4.69, 9.17) is 9.72 Å². The van der Waals surface area contributed by atoms with Crippen LogP contribution < -0.4 is 10.1 Å². The Morgan fingerprint density at radius 1 is 1.15 bits per heavy atom. The summed E-state index contributed by atoms with van der Waals surface area (Å²) in [6, 6.07) is 10.8. The lowest BCUT2D eigenvalue weighted by Gasteiger charge is -2.34. The number of piperazine rings is 1. The minimum atomic E-state index is -4.56. The topological polar surface area (TPSA) is 113 Å². The largest absolute Gasteiger partial charge is 0.455 e. The number of aromatic nitrogens is 3. The highest BCUT2D eigenvalue weighted by atomic mass is 19.4. The van der Waals surface area contributed by atoms with Gasteiger partial charge in [-0.25, -0.2) is 9.78 Å². The summed E-state index contributed by atoms with van der Waals surface area (Å²) < 4.78 is 48.6. The van der Waals surface area contributed by atoms with Crippen LogP contribution in [-0.2, 0) is 19.3 Å². The molecule has 0 bridgehead atoms. The van der Waals surface area contributed by atoms with Crippen molar-refractivity contribution < 1.29 is 22.7 Å². The zero-order valence-electron chi connectivity index (χ0n) is 25.7. The first-order valence-corrected chi connectivity index (χ1v) is 15.3. The van der Waals surface area contributed by atoms with Crippen molar-refractivity contribution in [2.75, 3.05) is 45.1 Å². The molecule has 0 unspecified atom stereocenters. The highest BCUT2D eigenvalue weighted by Crippen LogP contribution is 2.37. The number of hydrogen-bond acceptors (Lipinski definition) is 7. The predicted octanol–water partition coefficient (Wildman–Crippen LogP) is 6.32. The zero-order valence-corrected chi connectivity index (χ0v) is 25.7. The van der Waals surface area contributed by atoms with Gasteiger partial charge in [-0.1, -0.05) is 19.4 Å². The number of likely N-dealkylation sites (N-methyl/N-ethyl adjacent to an activating group) is 1. The first kappa shape index (κ1) is 31.3. The molecule has 4 aromatic rings. The number of anilines is 1. The monoisotopic (exact) mass is 632 g/mol. The smallest absolute Gasteiger partial charge is 0.416 e. The van der Waals surface area contributed by atoms with Gasteiger partial charge >= 0.3 is 12.2 Å². The van der Waals surface area contributed by atoms with E-state index >= 15 is 0 Å².